The van der Waals surface area contributed by atoms with Crippen LogP contribution < -0.4 is 5.32 Å². The summed E-state index contributed by atoms with van der Waals surface area (Å²) in [7, 11) is 0. The number of hydrogen-bond donors (Lipinski definition) is 2. The highest BCUT2D eigenvalue weighted by Crippen LogP contribution is 2.54. The fourth-order valence-electron chi connectivity index (χ4n) is 3.37. The number of aliphatic hydroxyl groups is 1. The molecule has 100 valence electrons. The van der Waals surface area contributed by atoms with Gasteiger partial charge in [0.15, 0.2) is 0 Å². The van der Waals surface area contributed by atoms with E-state index in [1.54, 1.807) is 6.20 Å². The zero-order valence-electron chi connectivity index (χ0n) is 10.2. The first kappa shape index (κ1) is 13.2. The number of aromatic nitrogens is 1. The Kier molecular flexibility index (Phi) is 3.01. The molecule has 0 amide bonds. The topological polar surface area (TPSA) is 68.9 Å². The van der Waals surface area contributed by atoms with Crippen LogP contribution in [0.5, 0.6) is 0 Å². The zero-order valence-corrected chi connectivity index (χ0v) is 12.6. The largest absolute Gasteiger partial charge is 0.389 e. The van der Waals surface area contributed by atoms with E-state index < -0.39 is 5.60 Å². The number of fused-ring (bicyclic) bond motifs is 2. The molecule has 19 heavy (non-hydrogen) atoms. The van der Waals surface area contributed by atoms with E-state index in [4.69, 9.17) is 16.9 Å². The SMILES string of the molecule is N#CC[C@@]1(O)CC[C@@]2(CNc3ncc(Br)c(Cl)c32)C1. The summed E-state index contributed by atoms with van der Waals surface area (Å²) in [6, 6.07) is 2.08. The fraction of sp³-hybridized carbons (Fsp3) is 0.538. The normalized spacial score (nSPS) is 32.1. The van der Waals surface area contributed by atoms with Crippen molar-refractivity contribution < 1.29 is 5.11 Å². The molecule has 3 rings (SSSR count). The second kappa shape index (κ2) is 4.34. The van der Waals surface area contributed by atoms with Gasteiger partial charge in [0.2, 0.25) is 0 Å². The summed E-state index contributed by atoms with van der Waals surface area (Å²) in [5.74, 6) is 0.800. The summed E-state index contributed by atoms with van der Waals surface area (Å²) in [6.45, 7) is 0.721. The molecule has 1 fully saturated rings. The molecule has 6 heteroatoms. The van der Waals surface area contributed by atoms with Crippen LogP contribution in [0.1, 0.15) is 31.2 Å². The van der Waals surface area contributed by atoms with Crippen LogP contribution in [0.2, 0.25) is 5.02 Å². The number of nitrogens with zero attached hydrogens (tertiary/aromatic N) is 2. The van der Waals surface area contributed by atoms with Gasteiger partial charge in [0.05, 0.1) is 27.6 Å². The lowest BCUT2D eigenvalue weighted by atomic mass is 9.79. The third-order valence-electron chi connectivity index (χ3n) is 4.24. The summed E-state index contributed by atoms with van der Waals surface area (Å²) in [5, 5.41) is 23.3. The van der Waals surface area contributed by atoms with Gasteiger partial charge in [-0.25, -0.2) is 4.98 Å². The van der Waals surface area contributed by atoms with Crippen molar-refractivity contribution in [2.45, 2.75) is 36.7 Å². The average molecular weight is 343 g/mol. The maximum absolute atomic E-state index is 10.5. The minimum Gasteiger partial charge on any atom is -0.389 e. The molecule has 1 spiro atoms. The fourth-order valence-corrected chi connectivity index (χ4v) is 4.01. The molecule has 2 N–H and O–H groups in total. The second-order valence-electron chi connectivity index (χ2n) is 5.51. The lowest BCUT2D eigenvalue weighted by Crippen LogP contribution is -2.31. The van der Waals surface area contributed by atoms with E-state index in [2.05, 4.69) is 32.3 Å². The van der Waals surface area contributed by atoms with Crippen LogP contribution in [0.25, 0.3) is 0 Å². The Hall–Kier alpha value is -0.830. The highest BCUT2D eigenvalue weighted by molar-refractivity contribution is 9.10. The van der Waals surface area contributed by atoms with Crippen LogP contribution in [-0.2, 0) is 5.41 Å². The van der Waals surface area contributed by atoms with Crippen LogP contribution in [0.4, 0.5) is 5.82 Å². The van der Waals surface area contributed by atoms with Crippen LogP contribution in [0.15, 0.2) is 10.7 Å². The molecule has 2 heterocycles. The van der Waals surface area contributed by atoms with Gasteiger partial charge in [-0.15, -0.1) is 0 Å². The van der Waals surface area contributed by atoms with Gasteiger partial charge in [-0.2, -0.15) is 5.26 Å². The number of halogens is 2. The molecule has 0 unspecified atom stereocenters. The smallest absolute Gasteiger partial charge is 0.131 e. The zero-order chi connectivity index (χ0) is 13.7. The van der Waals surface area contributed by atoms with Gasteiger partial charge in [-0.3, -0.25) is 0 Å². The highest BCUT2D eigenvalue weighted by atomic mass is 79.9. The number of pyridine rings is 1. The Balaban J connectivity index is 2.04. The molecule has 4 nitrogen and oxygen atoms in total. The van der Waals surface area contributed by atoms with E-state index in [9.17, 15) is 5.11 Å². The van der Waals surface area contributed by atoms with Gasteiger partial charge in [0.1, 0.15) is 5.82 Å². The second-order valence-corrected chi connectivity index (χ2v) is 6.75. The van der Waals surface area contributed by atoms with E-state index >= 15 is 0 Å². The third kappa shape index (κ3) is 1.94. The lowest BCUT2D eigenvalue weighted by Gasteiger charge is -2.26. The standard InChI is InChI=1S/C13H13BrClN3O/c14-8-5-17-11-9(10(8)15)12(7-18-11)1-2-13(19,6-12)3-4-16/h5,19H,1-3,6-7H2,(H,17,18)/t12-,13-/m0/s1. The number of rotatable bonds is 1. The molecule has 1 aliphatic carbocycles. The molecule has 0 bridgehead atoms. The van der Waals surface area contributed by atoms with Crippen LogP contribution in [-0.4, -0.2) is 22.2 Å². The van der Waals surface area contributed by atoms with Crippen molar-refractivity contribution in [1.29, 1.82) is 5.26 Å². The van der Waals surface area contributed by atoms with E-state index in [0.29, 0.717) is 17.9 Å². The molecule has 1 aromatic rings. The minimum atomic E-state index is -0.899. The Morgan fingerprint density at radius 2 is 2.37 bits per heavy atom. The highest BCUT2D eigenvalue weighted by Gasteiger charge is 2.52. The van der Waals surface area contributed by atoms with E-state index in [0.717, 1.165) is 28.8 Å². The lowest BCUT2D eigenvalue weighted by molar-refractivity contribution is 0.0467. The molecular formula is C13H13BrClN3O. The van der Waals surface area contributed by atoms with E-state index in [1.165, 1.54) is 0 Å². The first-order valence-electron chi connectivity index (χ1n) is 6.17. The molecular weight excluding hydrogens is 330 g/mol. The van der Waals surface area contributed by atoms with Crippen molar-refractivity contribution in [3.63, 3.8) is 0 Å². The number of nitrogens with one attached hydrogen (secondary N) is 1. The quantitative estimate of drug-likeness (QED) is 0.823. The number of hydrogen-bond acceptors (Lipinski definition) is 4. The summed E-state index contributed by atoms with van der Waals surface area (Å²) in [6.07, 6.45) is 3.87. The van der Waals surface area contributed by atoms with Gasteiger partial charge in [-0.1, -0.05) is 11.6 Å². The predicted molar refractivity (Wildman–Crippen MR) is 76.1 cm³/mol. The van der Waals surface area contributed by atoms with Gasteiger partial charge < -0.3 is 10.4 Å². The first-order chi connectivity index (χ1) is 9.00. The number of anilines is 1. The van der Waals surface area contributed by atoms with Crippen LogP contribution >= 0.6 is 27.5 Å². The summed E-state index contributed by atoms with van der Waals surface area (Å²) < 4.78 is 0.770. The Morgan fingerprint density at radius 3 is 3.11 bits per heavy atom. The van der Waals surface area contributed by atoms with Gasteiger partial charge in [0.25, 0.3) is 0 Å². The van der Waals surface area contributed by atoms with E-state index in [-0.39, 0.29) is 11.8 Å². The Bertz CT molecular complexity index is 588. The van der Waals surface area contributed by atoms with Crippen molar-refractivity contribution in [1.82, 2.24) is 4.98 Å². The maximum atomic E-state index is 10.5. The van der Waals surface area contributed by atoms with Crippen molar-refractivity contribution >= 4 is 33.3 Å². The van der Waals surface area contributed by atoms with Crippen molar-refractivity contribution in [3.05, 3.63) is 21.3 Å². The molecule has 2 aliphatic rings. The predicted octanol–water partition coefficient (Wildman–Crippen LogP) is 2.99. The Morgan fingerprint density at radius 1 is 1.58 bits per heavy atom. The number of nitriles is 1. The Labute approximate surface area is 124 Å². The van der Waals surface area contributed by atoms with E-state index in [1.807, 2.05) is 0 Å². The summed E-state index contributed by atoms with van der Waals surface area (Å²) in [4.78, 5) is 4.34. The summed E-state index contributed by atoms with van der Waals surface area (Å²) >= 11 is 9.81. The van der Waals surface area contributed by atoms with Gasteiger partial charge in [-0.05, 0) is 35.2 Å². The van der Waals surface area contributed by atoms with Crippen LogP contribution in [0.3, 0.4) is 0 Å². The molecule has 0 aromatic carbocycles. The van der Waals surface area contributed by atoms with Crippen molar-refractivity contribution in [2.75, 3.05) is 11.9 Å². The van der Waals surface area contributed by atoms with Crippen LogP contribution in [0, 0.1) is 11.3 Å². The summed E-state index contributed by atoms with van der Waals surface area (Å²) in [5.41, 5.74) is -0.115. The monoisotopic (exact) mass is 341 g/mol. The maximum Gasteiger partial charge on any atom is 0.131 e. The first-order valence-corrected chi connectivity index (χ1v) is 7.35. The van der Waals surface area contributed by atoms with Gasteiger partial charge >= 0.3 is 0 Å². The minimum absolute atomic E-state index is 0.170. The molecule has 2 atom stereocenters. The van der Waals surface area contributed by atoms with Crippen molar-refractivity contribution in [3.8, 4) is 6.07 Å². The molecule has 1 aliphatic heterocycles. The molecule has 1 aromatic heterocycles. The third-order valence-corrected chi connectivity index (χ3v) is 5.46. The average Bonchev–Trinajstić information content (AvgIpc) is 2.88. The molecule has 0 radical (unpaired) electrons. The molecule has 0 saturated heterocycles. The van der Waals surface area contributed by atoms with Crippen molar-refractivity contribution in [2.24, 2.45) is 0 Å². The van der Waals surface area contributed by atoms with Gasteiger partial charge in [0, 0.05) is 23.7 Å². The molecule has 1 saturated carbocycles.